The highest BCUT2D eigenvalue weighted by Crippen LogP contribution is 2.42. The molecule has 110 valence electrons. The summed E-state index contributed by atoms with van der Waals surface area (Å²) in [5.74, 6) is 0. The first-order chi connectivity index (χ1) is 10.4. The smallest absolute Gasteiger partial charge is 0.258 e. The normalized spacial score (nSPS) is 11.0. The van der Waals surface area contributed by atoms with Crippen LogP contribution in [0.3, 0.4) is 0 Å². The molecule has 0 saturated carbocycles. The SMILES string of the molecule is O=[N+]([O-])c1ccc2ccc3ccc([N+](=O)[O-])c(Br)c3c2c1Br. The van der Waals surface area contributed by atoms with Crippen molar-refractivity contribution >= 4 is 64.8 Å². The summed E-state index contributed by atoms with van der Waals surface area (Å²) in [4.78, 5) is 21.2. The quantitative estimate of drug-likeness (QED) is 0.315. The lowest BCUT2D eigenvalue weighted by Gasteiger charge is -2.08. The predicted octanol–water partition coefficient (Wildman–Crippen LogP) is 5.33. The van der Waals surface area contributed by atoms with E-state index >= 15 is 0 Å². The van der Waals surface area contributed by atoms with Crippen LogP contribution in [0.1, 0.15) is 0 Å². The maximum Gasteiger partial charge on any atom is 0.284 e. The van der Waals surface area contributed by atoms with Crippen molar-refractivity contribution < 1.29 is 9.85 Å². The number of nitro groups is 2. The Hall–Kier alpha value is -2.06. The summed E-state index contributed by atoms with van der Waals surface area (Å²) in [5, 5.41) is 24.9. The molecule has 3 aromatic carbocycles. The Bertz CT molecular complexity index is 893. The van der Waals surface area contributed by atoms with E-state index in [9.17, 15) is 20.2 Å². The number of nitro benzene ring substituents is 2. The summed E-state index contributed by atoms with van der Waals surface area (Å²) in [6.45, 7) is 0. The van der Waals surface area contributed by atoms with Gasteiger partial charge in [0.1, 0.15) is 8.95 Å². The van der Waals surface area contributed by atoms with Crippen molar-refractivity contribution in [1.29, 1.82) is 0 Å². The molecule has 0 unspecified atom stereocenters. The predicted molar refractivity (Wildman–Crippen MR) is 90.2 cm³/mol. The van der Waals surface area contributed by atoms with Crippen molar-refractivity contribution in [2.24, 2.45) is 0 Å². The molecule has 0 saturated heterocycles. The summed E-state index contributed by atoms with van der Waals surface area (Å²) >= 11 is 6.53. The number of rotatable bonds is 2. The van der Waals surface area contributed by atoms with E-state index in [1.54, 1.807) is 12.1 Å². The van der Waals surface area contributed by atoms with Gasteiger partial charge in [0.15, 0.2) is 0 Å². The second kappa shape index (κ2) is 5.29. The van der Waals surface area contributed by atoms with Gasteiger partial charge in [0.05, 0.1) is 9.85 Å². The Balaban J connectivity index is 2.58. The van der Waals surface area contributed by atoms with Crippen molar-refractivity contribution in [3.8, 4) is 0 Å². The van der Waals surface area contributed by atoms with Gasteiger partial charge in [-0.2, -0.15) is 0 Å². The van der Waals surface area contributed by atoms with Gasteiger partial charge < -0.3 is 0 Å². The van der Waals surface area contributed by atoms with E-state index in [0.717, 1.165) is 10.8 Å². The second-order valence-electron chi connectivity index (χ2n) is 4.57. The molecule has 0 bridgehead atoms. The Morgan fingerprint density at radius 3 is 1.32 bits per heavy atom. The van der Waals surface area contributed by atoms with Crippen LogP contribution < -0.4 is 0 Å². The van der Waals surface area contributed by atoms with Gasteiger partial charge in [-0.25, -0.2) is 0 Å². The minimum atomic E-state index is -0.492. The number of fused-ring (bicyclic) bond motifs is 3. The molecule has 22 heavy (non-hydrogen) atoms. The average molecular weight is 426 g/mol. The van der Waals surface area contributed by atoms with Gasteiger partial charge >= 0.3 is 0 Å². The number of benzene rings is 3. The summed E-state index contributed by atoms with van der Waals surface area (Å²) < 4.78 is 0.614. The molecule has 0 amide bonds. The topological polar surface area (TPSA) is 86.3 Å². The first kappa shape index (κ1) is 14.9. The molecule has 6 nitrogen and oxygen atoms in total. The third-order valence-corrected chi connectivity index (χ3v) is 5.00. The fourth-order valence-electron chi connectivity index (χ4n) is 2.41. The van der Waals surface area contributed by atoms with Gasteiger partial charge in [-0.1, -0.05) is 12.1 Å². The van der Waals surface area contributed by atoms with Crippen LogP contribution in [0, 0.1) is 20.2 Å². The lowest BCUT2D eigenvalue weighted by atomic mass is 10.0. The molecule has 0 spiro atoms. The van der Waals surface area contributed by atoms with Crippen LogP contribution >= 0.6 is 31.9 Å². The van der Waals surface area contributed by atoms with Gasteiger partial charge in [-0.05, 0) is 54.8 Å². The van der Waals surface area contributed by atoms with Crippen molar-refractivity contribution in [3.63, 3.8) is 0 Å². The van der Waals surface area contributed by atoms with E-state index in [1.165, 1.54) is 12.1 Å². The lowest BCUT2D eigenvalue weighted by Crippen LogP contribution is -1.93. The van der Waals surface area contributed by atoms with E-state index in [-0.39, 0.29) is 11.4 Å². The number of hydrogen-bond donors (Lipinski definition) is 0. The number of halogens is 2. The average Bonchev–Trinajstić information content (AvgIpc) is 2.46. The molecule has 8 heteroatoms. The Morgan fingerprint density at radius 2 is 1.00 bits per heavy atom. The van der Waals surface area contributed by atoms with Crippen molar-refractivity contribution in [1.82, 2.24) is 0 Å². The Labute approximate surface area is 140 Å². The molecule has 0 heterocycles. The zero-order valence-electron chi connectivity index (χ0n) is 10.7. The molecule has 0 aliphatic rings. The highest BCUT2D eigenvalue weighted by Gasteiger charge is 2.21. The van der Waals surface area contributed by atoms with E-state index in [1.807, 2.05) is 12.1 Å². The fourth-order valence-corrected chi connectivity index (χ4v) is 3.82. The zero-order chi connectivity index (χ0) is 16.0. The van der Waals surface area contributed by atoms with Crippen LogP contribution in [0.5, 0.6) is 0 Å². The van der Waals surface area contributed by atoms with Gasteiger partial charge in [-0.3, -0.25) is 20.2 Å². The van der Waals surface area contributed by atoms with Crippen molar-refractivity contribution in [3.05, 3.63) is 65.6 Å². The van der Waals surface area contributed by atoms with Crippen LogP contribution in [0.2, 0.25) is 0 Å². The molecular weight excluding hydrogens is 420 g/mol. The first-order valence-electron chi connectivity index (χ1n) is 6.04. The van der Waals surface area contributed by atoms with Gasteiger partial charge in [0.2, 0.25) is 0 Å². The summed E-state index contributed by atoms with van der Waals surface area (Å²) in [7, 11) is 0. The molecule has 0 atom stereocenters. The molecule has 0 aromatic heterocycles. The van der Waals surface area contributed by atoms with Crippen LogP contribution in [0.25, 0.3) is 21.5 Å². The first-order valence-corrected chi connectivity index (χ1v) is 7.62. The Kier molecular flexibility index (Phi) is 3.57. The van der Waals surface area contributed by atoms with Crippen LogP contribution in [-0.2, 0) is 0 Å². The van der Waals surface area contributed by atoms with Gasteiger partial charge in [-0.15, -0.1) is 0 Å². The van der Waals surface area contributed by atoms with Crippen LogP contribution in [0.15, 0.2) is 45.3 Å². The monoisotopic (exact) mass is 424 g/mol. The number of nitrogens with zero attached hydrogens (tertiary/aromatic N) is 2. The third-order valence-electron chi connectivity index (χ3n) is 3.39. The molecule has 3 rings (SSSR count). The van der Waals surface area contributed by atoms with Crippen molar-refractivity contribution in [2.75, 3.05) is 0 Å². The van der Waals surface area contributed by atoms with Gasteiger partial charge in [0.25, 0.3) is 11.4 Å². The van der Waals surface area contributed by atoms with E-state index in [0.29, 0.717) is 19.7 Å². The molecule has 0 aliphatic carbocycles. The lowest BCUT2D eigenvalue weighted by molar-refractivity contribution is -0.385. The largest absolute Gasteiger partial charge is 0.284 e. The minimum absolute atomic E-state index is 0.0848. The van der Waals surface area contributed by atoms with Crippen LogP contribution in [0.4, 0.5) is 11.4 Å². The van der Waals surface area contributed by atoms with Crippen LogP contribution in [-0.4, -0.2) is 9.85 Å². The highest BCUT2D eigenvalue weighted by atomic mass is 79.9. The maximum atomic E-state index is 11.1. The fraction of sp³-hybridized carbons (Fsp3) is 0. The van der Waals surface area contributed by atoms with E-state index in [4.69, 9.17) is 0 Å². The van der Waals surface area contributed by atoms with E-state index in [2.05, 4.69) is 31.9 Å². The number of hydrogen-bond acceptors (Lipinski definition) is 4. The highest BCUT2D eigenvalue weighted by molar-refractivity contribution is 9.11. The Morgan fingerprint density at radius 1 is 0.682 bits per heavy atom. The third kappa shape index (κ3) is 2.15. The maximum absolute atomic E-state index is 11.1. The second-order valence-corrected chi connectivity index (χ2v) is 6.16. The van der Waals surface area contributed by atoms with Crippen molar-refractivity contribution in [2.45, 2.75) is 0 Å². The standard InChI is InChI=1S/C14H6Br2N2O4/c15-13-9(17(19)20)5-3-7-1-2-8-4-6-10(18(21)22)14(16)12(8)11(7)13/h1-6H. The minimum Gasteiger partial charge on any atom is -0.258 e. The molecule has 0 N–H and O–H groups in total. The molecule has 0 aliphatic heterocycles. The zero-order valence-corrected chi connectivity index (χ0v) is 13.9. The molecular formula is C14H6Br2N2O4. The molecule has 0 radical (unpaired) electrons. The van der Waals surface area contributed by atoms with Gasteiger partial charge in [0, 0.05) is 22.9 Å². The summed E-state index contributed by atoms with van der Waals surface area (Å²) in [6, 6.07) is 9.72. The molecule has 0 fully saturated rings. The van der Waals surface area contributed by atoms with E-state index < -0.39 is 9.85 Å². The molecule has 3 aromatic rings. The summed E-state index contributed by atoms with van der Waals surface area (Å²) in [6.07, 6.45) is 0. The summed E-state index contributed by atoms with van der Waals surface area (Å²) in [5.41, 5.74) is -0.170.